The van der Waals surface area contributed by atoms with Crippen molar-refractivity contribution in [2.75, 3.05) is 0 Å². The second kappa shape index (κ2) is 9.30. The van der Waals surface area contributed by atoms with Crippen LogP contribution in [0.3, 0.4) is 0 Å². The third-order valence-electron chi connectivity index (χ3n) is 5.00. The molecular weight excluding hydrogens is 600 g/mol. The van der Waals surface area contributed by atoms with E-state index >= 15 is 0 Å². The quantitative estimate of drug-likeness (QED) is 0.167. The number of nitrogens with one attached hydrogen (secondary N) is 1. The SMILES string of the molecule is Cc1c(/C=N\NC(=O)c2ccc(I)cc2)c2ccccc2n1Cc1ccc(I)cc1. The molecule has 0 aliphatic heterocycles. The van der Waals surface area contributed by atoms with Crippen molar-refractivity contribution in [2.24, 2.45) is 5.10 Å². The van der Waals surface area contributed by atoms with Crippen molar-refractivity contribution in [3.05, 3.63) is 102 Å². The minimum atomic E-state index is -0.220. The van der Waals surface area contributed by atoms with Gasteiger partial charge in [-0.3, -0.25) is 4.79 Å². The van der Waals surface area contributed by atoms with Crippen LogP contribution >= 0.6 is 45.2 Å². The van der Waals surface area contributed by atoms with Gasteiger partial charge in [0.05, 0.1) is 6.21 Å². The van der Waals surface area contributed by atoms with E-state index in [0.29, 0.717) is 5.56 Å². The maximum Gasteiger partial charge on any atom is 0.271 e. The highest BCUT2D eigenvalue weighted by Gasteiger charge is 2.13. The molecule has 0 fully saturated rings. The molecule has 0 atom stereocenters. The van der Waals surface area contributed by atoms with Crippen molar-refractivity contribution < 1.29 is 4.79 Å². The number of amides is 1. The Labute approximate surface area is 202 Å². The lowest BCUT2D eigenvalue weighted by Crippen LogP contribution is -2.17. The van der Waals surface area contributed by atoms with Crippen molar-refractivity contribution in [1.29, 1.82) is 0 Å². The van der Waals surface area contributed by atoms with Gasteiger partial charge < -0.3 is 4.57 Å². The summed E-state index contributed by atoms with van der Waals surface area (Å²) in [4.78, 5) is 12.3. The van der Waals surface area contributed by atoms with Crippen molar-refractivity contribution in [1.82, 2.24) is 9.99 Å². The lowest BCUT2D eigenvalue weighted by Gasteiger charge is -2.09. The number of fused-ring (bicyclic) bond motifs is 1. The molecule has 0 bridgehead atoms. The number of benzene rings is 3. The highest BCUT2D eigenvalue weighted by Crippen LogP contribution is 2.25. The molecule has 1 heterocycles. The predicted octanol–water partition coefficient (Wildman–Crippen LogP) is 5.97. The van der Waals surface area contributed by atoms with E-state index < -0.39 is 0 Å². The molecule has 150 valence electrons. The second-order valence-electron chi connectivity index (χ2n) is 6.93. The Balaban J connectivity index is 1.61. The number of carbonyl (C=O) groups is 1. The van der Waals surface area contributed by atoms with Gasteiger partial charge in [-0.1, -0.05) is 30.3 Å². The highest BCUT2D eigenvalue weighted by atomic mass is 127. The number of halogens is 2. The van der Waals surface area contributed by atoms with Crippen molar-refractivity contribution >= 4 is 68.2 Å². The van der Waals surface area contributed by atoms with Crippen LogP contribution in [0, 0.1) is 14.1 Å². The van der Waals surface area contributed by atoms with Crippen molar-refractivity contribution in [2.45, 2.75) is 13.5 Å². The van der Waals surface area contributed by atoms with Gasteiger partial charge in [-0.2, -0.15) is 5.10 Å². The Kier molecular flexibility index (Phi) is 6.52. The smallest absolute Gasteiger partial charge is 0.271 e. The number of carbonyl (C=O) groups excluding carboxylic acids is 1. The summed E-state index contributed by atoms with van der Waals surface area (Å²) in [5, 5.41) is 5.36. The van der Waals surface area contributed by atoms with Crippen LogP contribution in [0.25, 0.3) is 10.9 Å². The van der Waals surface area contributed by atoms with Gasteiger partial charge in [0.15, 0.2) is 0 Å². The third kappa shape index (κ3) is 4.59. The van der Waals surface area contributed by atoms with Gasteiger partial charge >= 0.3 is 0 Å². The van der Waals surface area contributed by atoms with E-state index in [9.17, 15) is 4.79 Å². The Morgan fingerprint density at radius 2 is 1.60 bits per heavy atom. The first-order valence-corrected chi connectivity index (χ1v) is 11.6. The van der Waals surface area contributed by atoms with Crippen molar-refractivity contribution in [3.63, 3.8) is 0 Å². The molecule has 4 rings (SSSR count). The number of hydrazone groups is 1. The largest absolute Gasteiger partial charge is 0.340 e. The second-order valence-corrected chi connectivity index (χ2v) is 9.43. The monoisotopic (exact) mass is 619 g/mol. The fraction of sp³-hybridized carbons (Fsp3) is 0.0833. The Morgan fingerprint density at radius 1 is 0.967 bits per heavy atom. The Morgan fingerprint density at radius 3 is 2.30 bits per heavy atom. The van der Waals surface area contributed by atoms with Gasteiger partial charge in [0.25, 0.3) is 5.91 Å². The summed E-state index contributed by atoms with van der Waals surface area (Å²) in [7, 11) is 0. The number of para-hydroxylation sites is 1. The summed E-state index contributed by atoms with van der Waals surface area (Å²) in [6.45, 7) is 2.88. The van der Waals surface area contributed by atoms with Gasteiger partial charge in [0.1, 0.15) is 0 Å². The van der Waals surface area contributed by atoms with E-state index in [4.69, 9.17) is 0 Å². The minimum absolute atomic E-state index is 0.220. The molecule has 1 N–H and O–H groups in total. The lowest BCUT2D eigenvalue weighted by molar-refractivity contribution is 0.0955. The van der Waals surface area contributed by atoms with Gasteiger partial charge in [-0.05, 0) is 100 Å². The molecule has 4 nitrogen and oxygen atoms in total. The molecule has 0 aliphatic carbocycles. The van der Waals surface area contributed by atoms with Crippen LogP contribution < -0.4 is 5.43 Å². The normalized spacial score (nSPS) is 11.3. The average Bonchev–Trinajstić information content (AvgIpc) is 3.01. The van der Waals surface area contributed by atoms with Crippen molar-refractivity contribution in [3.8, 4) is 0 Å². The summed E-state index contributed by atoms with van der Waals surface area (Å²) in [5.74, 6) is -0.220. The molecule has 0 saturated heterocycles. The predicted molar refractivity (Wildman–Crippen MR) is 139 cm³/mol. The fourth-order valence-corrected chi connectivity index (χ4v) is 4.14. The summed E-state index contributed by atoms with van der Waals surface area (Å²) >= 11 is 4.53. The molecule has 3 aromatic carbocycles. The van der Waals surface area contributed by atoms with Gasteiger partial charge in [-0.25, -0.2) is 5.43 Å². The molecule has 0 saturated carbocycles. The zero-order chi connectivity index (χ0) is 21.1. The van der Waals surface area contributed by atoms with E-state index in [-0.39, 0.29) is 5.91 Å². The molecule has 0 unspecified atom stereocenters. The van der Waals surface area contributed by atoms with Crippen LogP contribution in [0.5, 0.6) is 0 Å². The number of hydrogen-bond acceptors (Lipinski definition) is 2. The van der Waals surface area contributed by atoms with E-state index in [1.165, 1.54) is 9.13 Å². The number of rotatable bonds is 5. The third-order valence-corrected chi connectivity index (χ3v) is 6.44. The first-order valence-electron chi connectivity index (χ1n) is 9.44. The Bertz CT molecular complexity index is 1230. The fourth-order valence-electron chi connectivity index (χ4n) is 3.42. The zero-order valence-corrected chi connectivity index (χ0v) is 20.6. The van der Waals surface area contributed by atoms with E-state index in [2.05, 4.69) is 104 Å². The van der Waals surface area contributed by atoms with E-state index in [0.717, 1.165) is 32.3 Å². The molecule has 0 radical (unpaired) electrons. The first kappa shape index (κ1) is 21.0. The van der Waals surface area contributed by atoms with E-state index in [1.807, 2.05) is 24.3 Å². The molecular formula is C24H19I2N3O. The van der Waals surface area contributed by atoms with Gasteiger partial charge in [0.2, 0.25) is 0 Å². The molecule has 6 heteroatoms. The summed E-state index contributed by atoms with van der Waals surface area (Å²) in [5.41, 5.74) is 7.75. The molecule has 30 heavy (non-hydrogen) atoms. The average molecular weight is 619 g/mol. The lowest BCUT2D eigenvalue weighted by atomic mass is 10.1. The maximum absolute atomic E-state index is 12.3. The molecule has 0 spiro atoms. The number of nitrogens with zero attached hydrogens (tertiary/aromatic N) is 2. The minimum Gasteiger partial charge on any atom is -0.340 e. The topological polar surface area (TPSA) is 46.4 Å². The summed E-state index contributed by atoms with van der Waals surface area (Å²) in [6.07, 6.45) is 1.74. The van der Waals surface area contributed by atoms with Crippen LogP contribution in [0.15, 0.2) is 77.9 Å². The molecule has 4 aromatic rings. The van der Waals surface area contributed by atoms with Gasteiger partial charge in [-0.15, -0.1) is 0 Å². The first-order chi connectivity index (χ1) is 14.5. The van der Waals surface area contributed by atoms with Crippen LogP contribution in [0.4, 0.5) is 0 Å². The highest BCUT2D eigenvalue weighted by molar-refractivity contribution is 14.1. The number of aromatic nitrogens is 1. The summed E-state index contributed by atoms with van der Waals surface area (Å²) < 4.78 is 4.60. The number of hydrogen-bond donors (Lipinski definition) is 1. The van der Waals surface area contributed by atoms with Crippen LogP contribution in [-0.4, -0.2) is 16.7 Å². The molecule has 1 aromatic heterocycles. The van der Waals surface area contributed by atoms with E-state index in [1.54, 1.807) is 18.3 Å². The standard InChI is InChI=1S/C24H19I2N3O/c1-16-22(14-27-28-24(30)18-8-12-20(26)13-9-18)21-4-2-3-5-23(21)29(16)15-17-6-10-19(25)11-7-17/h2-14H,15H2,1H3,(H,28,30)/b27-14-. The molecule has 1 amide bonds. The Hall–Kier alpha value is -2.20. The van der Waals surface area contributed by atoms with Gasteiger partial charge in [0, 0.05) is 41.4 Å². The van der Waals surface area contributed by atoms with Crippen LogP contribution in [0.1, 0.15) is 27.2 Å². The summed E-state index contributed by atoms with van der Waals surface area (Å²) in [6, 6.07) is 24.3. The van der Waals surface area contributed by atoms with Crippen LogP contribution in [0.2, 0.25) is 0 Å². The van der Waals surface area contributed by atoms with Crippen LogP contribution in [-0.2, 0) is 6.54 Å². The molecule has 0 aliphatic rings. The maximum atomic E-state index is 12.3. The zero-order valence-electron chi connectivity index (χ0n) is 16.3.